The first kappa shape index (κ1) is 19.6. The maximum absolute atomic E-state index is 12.5. The van der Waals surface area contributed by atoms with E-state index in [9.17, 15) is 4.79 Å². The van der Waals surface area contributed by atoms with Gasteiger partial charge in [0, 0.05) is 11.1 Å². The lowest BCUT2D eigenvalue weighted by Gasteiger charge is -2.22. The molecular weight excluding hydrogens is 382 g/mol. The van der Waals surface area contributed by atoms with Crippen molar-refractivity contribution in [3.05, 3.63) is 52.0 Å². The Kier molecular flexibility index (Phi) is 5.99. The van der Waals surface area contributed by atoms with Gasteiger partial charge in [-0.25, -0.2) is 4.98 Å². The van der Waals surface area contributed by atoms with E-state index < -0.39 is 0 Å². The van der Waals surface area contributed by atoms with E-state index in [0.29, 0.717) is 16.5 Å². The Morgan fingerprint density at radius 1 is 1.37 bits per heavy atom. The van der Waals surface area contributed by atoms with Crippen LogP contribution in [0.5, 0.6) is 5.75 Å². The molecule has 7 heteroatoms. The van der Waals surface area contributed by atoms with E-state index in [0.717, 1.165) is 20.8 Å². The average molecular weight is 404 g/mol. The van der Waals surface area contributed by atoms with Crippen LogP contribution >= 0.6 is 22.9 Å². The van der Waals surface area contributed by atoms with Crippen LogP contribution in [0.15, 0.2) is 36.4 Å². The SMILES string of the molecule is COc1cc(Cl)c(C)cc1NC(=O)CN(C)[C@@H](C)c1nc2ccccc2s1. The molecule has 0 aliphatic carbocycles. The first-order valence-corrected chi connectivity index (χ1v) is 9.78. The summed E-state index contributed by atoms with van der Waals surface area (Å²) >= 11 is 7.78. The van der Waals surface area contributed by atoms with Crippen LogP contribution in [0, 0.1) is 6.92 Å². The number of carbonyl (C=O) groups excluding carboxylic acids is 1. The lowest BCUT2D eigenvalue weighted by Crippen LogP contribution is -2.32. The lowest BCUT2D eigenvalue weighted by atomic mass is 10.2. The molecule has 0 aliphatic heterocycles. The molecule has 1 aromatic heterocycles. The van der Waals surface area contributed by atoms with E-state index in [1.54, 1.807) is 24.5 Å². The van der Waals surface area contributed by atoms with Gasteiger partial charge in [-0.05, 0) is 44.7 Å². The van der Waals surface area contributed by atoms with Crippen molar-refractivity contribution in [2.45, 2.75) is 19.9 Å². The Balaban J connectivity index is 1.69. The summed E-state index contributed by atoms with van der Waals surface area (Å²) in [4.78, 5) is 19.2. The number of ether oxygens (including phenoxy) is 1. The average Bonchev–Trinajstić information content (AvgIpc) is 3.07. The largest absolute Gasteiger partial charge is 0.495 e. The topological polar surface area (TPSA) is 54.5 Å². The van der Waals surface area contributed by atoms with Gasteiger partial charge in [0.1, 0.15) is 10.8 Å². The minimum atomic E-state index is -0.120. The second-order valence-corrected chi connectivity index (χ2v) is 7.93. The van der Waals surface area contributed by atoms with Crippen LogP contribution in [0.1, 0.15) is 23.5 Å². The number of amides is 1. The number of likely N-dealkylation sites (N-methyl/N-ethyl adjacent to an activating group) is 1. The quantitative estimate of drug-likeness (QED) is 0.636. The van der Waals surface area contributed by atoms with Crippen LogP contribution in [-0.4, -0.2) is 36.5 Å². The smallest absolute Gasteiger partial charge is 0.238 e. The summed E-state index contributed by atoms with van der Waals surface area (Å²) < 4.78 is 6.47. The lowest BCUT2D eigenvalue weighted by molar-refractivity contribution is -0.117. The third-order valence-electron chi connectivity index (χ3n) is 4.48. The van der Waals surface area contributed by atoms with Crippen LogP contribution in [0.3, 0.4) is 0 Å². The molecule has 1 amide bonds. The van der Waals surface area contributed by atoms with E-state index in [1.165, 1.54) is 0 Å². The number of methoxy groups -OCH3 is 1. The molecule has 0 unspecified atom stereocenters. The zero-order chi connectivity index (χ0) is 19.6. The monoisotopic (exact) mass is 403 g/mol. The van der Waals surface area contributed by atoms with Crippen LogP contribution in [0.4, 0.5) is 5.69 Å². The second-order valence-electron chi connectivity index (χ2n) is 6.46. The Morgan fingerprint density at radius 2 is 2.11 bits per heavy atom. The number of nitrogens with one attached hydrogen (secondary N) is 1. The number of aromatic nitrogens is 1. The molecule has 1 atom stereocenters. The molecular formula is C20H22ClN3O2S. The van der Waals surface area contributed by atoms with Crippen molar-refractivity contribution < 1.29 is 9.53 Å². The highest BCUT2D eigenvalue weighted by atomic mass is 35.5. The van der Waals surface area contributed by atoms with Crippen LogP contribution in [0.2, 0.25) is 5.02 Å². The standard InChI is InChI=1S/C20H22ClN3O2S/c1-12-9-16(17(26-4)10-14(12)21)22-19(25)11-24(3)13(2)20-23-15-7-5-6-8-18(15)27-20/h5-10,13H,11H2,1-4H3,(H,22,25)/t13-/m0/s1. The highest BCUT2D eigenvalue weighted by Crippen LogP contribution is 2.31. The van der Waals surface area contributed by atoms with E-state index in [2.05, 4.69) is 23.3 Å². The van der Waals surface area contributed by atoms with Gasteiger partial charge in [-0.1, -0.05) is 23.7 Å². The van der Waals surface area contributed by atoms with Crippen LogP contribution in [0.25, 0.3) is 10.2 Å². The first-order valence-electron chi connectivity index (χ1n) is 8.58. The van der Waals surface area contributed by atoms with Gasteiger partial charge in [0.05, 0.1) is 35.6 Å². The van der Waals surface area contributed by atoms with E-state index in [-0.39, 0.29) is 18.5 Å². The summed E-state index contributed by atoms with van der Waals surface area (Å²) in [5, 5.41) is 4.51. The fourth-order valence-electron chi connectivity index (χ4n) is 2.74. The molecule has 0 aliphatic rings. The molecule has 0 spiro atoms. The number of anilines is 1. The molecule has 0 saturated carbocycles. The Labute approximate surface area is 167 Å². The summed E-state index contributed by atoms with van der Waals surface area (Å²) in [5.74, 6) is 0.423. The maximum Gasteiger partial charge on any atom is 0.238 e. The number of halogens is 1. The van der Waals surface area contributed by atoms with E-state index >= 15 is 0 Å². The number of benzene rings is 2. The van der Waals surface area contributed by atoms with Gasteiger partial charge in [0.25, 0.3) is 0 Å². The number of para-hydroxylation sites is 1. The predicted molar refractivity (Wildman–Crippen MR) is 112 cm³/mol. The summed E-state index contributed by atoms with van der Waals surface area (Å²) in [7, 11) is 3.47. The number of rotatable bonds is 6. The van der Waals surface area contributed by atoms with Gasteiger partial charge in [0.15, 0.2) is 0 Å². The highest BCUT2D eigenvalue weighted by molar-refractivity contribution is 7.18. The Bertz CT molecular complexity index is 940. The molecule has 3 rings (SSSR count). The van der Waals surface area contributed by atoms with Gasteiger partial charge < -0.3 is 10.1 Å². The minimum absolute atomic E-state index is 0.0296. The summed E-state index contributed by atoms with van der Waals surface area (Å²) in [6, 6.07) is 11.6. The zero-order valence-corrected chi connectivity index (χ0v) is 17.3. The number of hydrogen-bond acceptors (Lipinski definition) is 5. The van der Waals surface area contributed by atoms with Crippen molar-refractivity contribution in [1.82, 2.24) is 9.88 Å². The number of fused-ring (bicyclic) bond motifs is 1. The molecule has 142 valence electrons. The minimum Gasteiger partial charge on any atom is -0.495 e. The van der Waals surface area contributed by atoms with Gasteiger partial charge in [-0.15, -0.1) is 11.3 Å². The second kappa shape index (κ2) is 8.25. The normalized spacial score (nSPS) is 12.4. The summed E-state index contributed by atoms with van der Waals surface area (Å²) in [6.07, 6.45) is 0. The molecule has 0 saturated heterocycles. The third-order valence-corrected chi connectivity index (χ3v) is 6.09. The number of hydrogen-bond donors (Lipinski definition) is 1. The number of thiazole rings is 1. The van der Waals surface area contributed by atoms with Crippen molar-refractivity contribution in [2.75, 3.05) is 26.0 Å². The van der Waals surface area contributed by atoms with Crippen molar-refractivity contribution >= 4 is 44.7 Å². The Morgan fingerprint density at radius 3 is 2.81 bits per heavy atom. The molecule has 0 bridgehead atoms. The van der Waals surface area contributed by atoms with Crippen molar-refractivity contribution in [3.8, 4) is 5.75 Å². The van der Waals surface area contributed by atoms with Crippen LogP contribution < -0.4 is 10.1 Å². The van der Waals surface area contributed by atoms with Crippen molar-refractivity contribution in [1.29, 1.82) is 0 Å². The van der Waals surface area contributed by atoms with E-state index in [4.69, 9.17) is 16.3 Å². The van der Waals surface area contributed by atoms with Gasteiger partial charge in [-0.3, -0.25) is 9.69 Å². The van der Waals surface area contributed by atoms with Gasteiger partial charge in [0.2, 0.25) is 5.91 Å². The molecule has 5 nitrogen and oxygen atoms in total. The van der Waals surface area contributed by atoms with Crippen molar-refractivity contribution in [2.24, 2.45) is 0 Å². The highest BCUT2D eigenvalue weighted by Gasteiger charge is 2.19. The number of carbonyl (C=O) groups is 1. The van der Waals surface area contributed by atoms with Gasteiger partial charge >= 0.3 is 0 Å². The van der Waals surface area contributed by atoms with Crippen molar-refractivity contribution in [3.63, 3.8) is 0 Å². The summed E-state index contributed by atoms with van der Waals surface area (Å²) in [6.45, 7) is 4.18. The molecule has 0 fully saturated rings. The molecule has 1 heterocycles. The molecule has 1 N–H and O–H groups in total. The Hall–Kier alpha value is -2.15. The fourth-order valence-corrected chi connectivity index (χ4v) is 3.98. The first-order chi connectivity index (χ1) is 12.9. The predicted octanol–water partition coefficient (Wildman–Crippen LogP) is 4.90. The maximum atomic E-state index is 12.5. The zero-order valence-electron chi connectivity index (χ0n) is 15.7. The van der Waals surface area contributed by atoms with Crippen LogP contribution in [-0.2, 0) is 4.79 Å². The fraction of sp³-hybridized carbons (Fsp3) is 0.300. The number of aryl methyl sites for hydroxylation is 1. The number of nitrogens with zero attached hydrogens (tertiary/aromatic N) is 2. The van der Waals surface area contributed by atoms with Gasteiger partial charge in [-0.2, -0.15) is 0 Å². The molecule has 2 aromatic carbocycles. The molecule has 0 radical (unpaired) electrons. The summed E-state index contributed by atoms with van der Waals surface area (Å²) in [5.41, 5.74) is 2.48. The molecule has 3 aromatic rings. The van der Waals surface area contributed by atoms with E-state index in [1.807, 2.05) is 43.1 Å². The molecule has 27 heavy (non-hydrogen) atoms. The third kappa shape index (κ3) is 4.40.